The molecule has 2 rings (SSSR count). The van der Waals surface area contributed by atoms with Crippen LogP contribution < -0.4 is 5.32 Å². The highest BCUT2D eigenvalue weighted by molar-refractivity contribution is 7.10. The zero-order valence-corrected chi connectivity index (χ0v) is 13.1. The molecule has 2 heterocycles. The first kappa shape index (κ1) is 15.0. The molecule has 1 aromatic rings. The molecule has 0 amide bonds. The summed E-state index contributed by atoms with van der Waals surface area (Å²) in [6.07, 6.45) is 3.20. The average Bonchev–Trinajstić information content (AvgIpc) is 3.06. The lowest BCUT2D eigenvalue weighted by molar-refractivity contribution is 0.0222. The Bertz CT molecular complexity index is 355. The first-order valence-corrected chi connectivity index (χ1v) is 8.18. The number of nitrogens with zero attached hydrogens (tertiary/aromatic N) is 1. The van der Waals surface area contributed by atoms with E-state index < -0.39 is 0 Å². The van der Waals surface area contributed by atoms with Gasteiger partial charge in [0.1, 0.15) is 0 Å². The van der Waals surface area contributed by atoms with Gasteiger partial charge in [0, 0.05) is 24.0 Å². The summed E-state index contributed by atoms with van der Waals surface area (Å²) in [5.74, 6) is 0. The maximum Gasteiger partial charge on any atom is 0.0707 e. The van der Waals surface area contributed by atoms with Crippen LogP contribution in [0.5, 0.6) is 0 Å². The van der Waals surface area contributed by atoms with Gasteiger partial charge in [-0.3, -0.25) is 4.90 Å². The van der Waals surface area contributed by atoms with E-state index in [0.29, 0.717) is 18.2 Å². The van der Waals surface area contributed by atoms with Gasteiger partial charge >= 0.3 is 0 Å². The van der Waals surface area contributed by atoms with Crippen LogP contribution in [0.25, 0.3) is 0 Å². The first-order valence-electron chi connectivity index (χ1n) is 7.30. The minimum Gasteiger partial charge on any atom is -0.372 e. The van der Waals surface area contributed by atoms with Crippen LogP contribution in [0.3, 0.4) is 0 Å². The van der Waals surface area contributed by atoms with Gasteiger partial charge in [0.25, 0.3) is 0 Å². The van der Waals surface area contributed by atoms with Crippen molar-refractivity contribution in [1.82, 2.24) is 10.2 Å². The molecule has 3 unspecified atom stereocenters. The Morgan fingerprint density at radius 1 is 1.47 bits per heavy atom. The van der Waals surface area contributed by atoms with Crippen molar-refractivity contribution in [1.29, 1.82) is 0 Å². The largest absolute Gasteiger partial charge is 0.372 e. The Morgan fingerprint density at radius 2 is 2.26 bits per heavy atom. The SMILES string of the molecule is CCNCC1CCC(CN(C)C(C)c2cccs2)O1. The van der Waals surface area contributed by atoms with E-state index in [1.807, 2.05) is 11.3 Å². The van der Waals surface area contributed by atoms with E-state index in [-0.39, 0.29) is 0 Å². The van der Waals surface area contributed by atoms with Gasteiger partial charge in [-0.05, 0) is 44.8 Å². The highest BCUT2D eigenvalue weighted by atomic mass is 32.1. The Hall–Kier alpha value is -0.420. The fourth-order valence-corrected chi connectivity index (χ4v) is 3.44. The highest BCUT2D eigenvalue weighted by Gasteiger charge is 2.27. The van der Waals surface area contributed by atoms with Crippen molar-refractivity contribution in [2.45, 2.75) is 44.9 Å². The molecule has 1 aliphatic rings. The average molecular weight is 282 g/mol. The van der Waals surface area contributed by atoms with E-state index in [1.54, 1.807) is 0 Å². The summed E-state index contributed by atoms with van der Waals surface area (Å²) >= 11 is 1.84. The van der Waals surface area contributed by atoms with E-state index in [0.717, 1.165) is 19.6 Å². The predicted molar refractivity (Wildman–Crippen MR) is 81.8 cm³/mol. The number of hydrogen-bond acceptors (Lipinski definition) is 4. The van der Waals surface area contributed by atoms with Crippen molar-refractivity contribution in [3.05, 3.63) is 22.4 Å². The van der Waals surface area contributed by atoms with Crippen LogP contribution in [0, 0.1) is 0 Å². The summed E-state index contributed by atoms with van der Waals surface area (Å²) in [6.45, 7) is 7.47. The van der Waals surface area contributed by atoms with Gasteiger partial charge in [-0.2, -0.15) is 0 Å². The Labute approximate surface area is 121 Å². The van der Waals surface area contributed by atoms with Crippen molar-refractivity contribution in [2.75, 3.05) is 26.7 Å². The summed E-state index contributed by atoms with van der Waals surface area (Å²) in [7, 11) is 2.20. The molecule has 3 atom stereocenters. The molecule has 0 saturated carbocycles. The van der Waals surface area contributed by atoms with Crippen molar-refractivity contribution in [3.63, 3.8) is 0 Å². The summed E-state index contributed by atoms with van der Waals surface area (Å²) in [4.78, 5) is 3.84. The first-order chi connectivity index (χ1) is 9.20. The molecule has 108 valence electrons. The molecule has 1 aliphatic heterocycles. The van der Waals surface area contributed by atoms with Gasteiger partial charge in [0.05, 0.1) is 12.2 Å². The molecule has 4 heteroatoms. The second-order valence-corrected chi connectivity index (χ2v) is 6.38. The third-order valence-corrected chi connectivity index (χ3v) is 4.97. The van der Waals surface area contributed by atoms with Crippen molar-refractivity contribution >= 4 is 11.3 Å². The van der Waals surface area contributed by atoms with Gasteiger partial charge in [-0.15, -0.1) is 11.3 Å². The third kappa shape index (κ3) is 4.28. The maximum atomic E-state index is 6.10. The van der Waals surface area contributed by atoms with E-state index in [9.17, 15) is 0 Å². The Kier molecular flexibility index (Phi) is 5.82. The number of thiophene rings is 1. The van der Waals surface area contributed by atoms with Crippen molar-refractivity contribution < 1.29 is 4.74 Å². The van der Waals surface area contributed by atoms with Crippen LogP contribution in [0.1, 0.15) is 37.6 Å². The standard InChI is InChI=1S/C15H26N2OS/c1-4-16-10-13-7-8-14(18-13)11-17(3)12(2)15-6-5-9-19-15/h5-6,9,12-14,16H,4,7-8,10-11H2,1-3H3. The predicted octanol–water partition coefficient (Wildman–Crippen LogP) is 2.90. The van der Waals surface area contributed by atoms with Gasteiger partial charge in [-0.25, -0.2) is 0 Å². The molecule has 0 bridgehead atoms. The lowest BCUT2D eigenvalue weighted by atomic mass is 10.1. The van der Waals surface area contributed by atoms with Crippen LogP contribution >= 0.6 is 11.3 Å². The Morgan fingerprint density at radius 3 is 2.95 bits per heavy atom. The molecule has 0 aromatic carbocycles. The molecule has 3 nitrogen and oxygen atoms in total. The molecule has 1 fully saturated rings. The van der Waals surface area contributed by atoms with E-state index >= 15 is 0 Å². The monoisotopic (exact) mass is 282 g/mol. The minimum atomic E-state index is 0.399. The Balaban J connectivity index is 1.75. The molecular weight excluding hydrogens is 256 g/mol. The van der Waals surface area contributed by atoms with Crippen LogP contribution in [-0.4, -0.2) is 43.8 Å². The topological polar surface area (TPSA) is 24.5 Å². The minimum absolute atomic E-state index is 0.399. The molecule has 0 spiro atoms. The quantitative estimate of drug-likeness (QED) is 0.832. The molecule has 1 N–H and O–H groups in total. The molecule has 0 aliphatic carbocycles. The zero-order chi connectivity index (χ0) is 13.7. The summed E-state index contributed by atoms with van der Waals surface area (Å²) in [5.41, 5.74) is 0. The fraction of sp³-hybridized carbons (Fsp3) is 0.733. The lowest BCUT2D eigenvalue weighted by Crippen LogP contribution is -2.33. The van der Waals surface area contributed by atoms with E-state index in [4.69, 9.17) is 4.74 Å². The smallest absolute Gasteiger partial charge is 0.0707 e. The number of nitrogens with one attached hydrogen (secondary N) is 1. The molecule has 19 heavy (non-hydrogen) atoms. The summed E-state index contributed by atoms with van der Waals surface area (Å²) in [6, 6.07) is 4.83. The van der Waals surface area contributed by atoms with Gasteiger partial charge in [-0.1, -0.05) is 13.0 Å². The van der Waals surface area contributed by atoms with Gasteiger partial charge in [0.2, 0.25) is 0 Å². The molecule has 1 aromatic heterocycles. The second kappa shape index (κ2) is 7.39. The number of ether oxygens (including phenoxy) is 1. The highest BCUT2D eigenvalue weighted by Crippen LogP contribution is 2.26. The summed E-state index contributed by atoms with van der Waals surface area (Å²) in [5, 5.41) is 5.52. The second-order valence-electron chi connectivity index (χ2n) is 5.40. The third-order valence-electron chi connectivity index (χ3n) is 3.93. The van der Waals surface area contributed by atoms with Gasteiger partial charge < -0.3 is 10.1 Å². The van der Waals surface area contributed by atoms with Gasteiger partial charge in [0.15, 0.2) is 0 Å². The van der Waals surface area contributed by atoms with Crippen molar-refractivity contribution in [2.24, 2.45) is 0 Å². The normalized spacial score (nSPS) is 25.1. The van der Waals surface area contributed by atoms with Crippen LogP contribution in [0.4, 0.5) is 0 Å². The number of rotatable bonds is 7. The van der Waals surface area contributed by atoms with E-state index in [2.05, 4.69) is 48.6 Å². The van der Waals surface area contributed by atoms with Crippen LogP contribution in [-0.2, 0) is 4.74 Å². The molecule has 0 radical (unpaired) electrons. The number of likely N-dealkylation sites (N-methyl/N-ethyl adjacent to an activating group) is 2. The van der Waals surface area contributed by atoms with E-state index in [1.165, 1.54) is 17.7 Å². The maximum absolute atomic E-state index is 6.10. The fourth-order valence-electron chi connectivity index (χ4n) is 2.60. The van der Waals surface area contributed by atoms with Crippen LogP contribution in [0.15, 0.2) is 17.5 Å². The molecule has 1 saturated heterocycles. The zero-order valence-electron chi connectivity index (χ0n) is 12.3. The lowest BCUT2D eigenvalue weighted by Gasteiger charge is -2.26. The van der Waals surface area contributed by atoms with Crippen LogP contribution in [0.2, 0.25) is 0 Å². The van der Waals surface area contributed by atoms with Crippen molar-refractivity contribution in [3.8, 4) is 0 Å². The molecular formula is C15H26N2OS. The number of hydrogen-bond donors (Lipinski definition) is 1. The summed E-state index contributed by atoms with van der Waals surface area (Å²) < 4.78 is 6.10.